The van der Waals surface area contributed by atoms with E-state index in [0.29, 0.717) is 5.57 Å². The van der Waals surface area contributed by atoms with Crippen LogP contribution in [0.3, 0.4) is 0 Å². The van der Waals surface area contributed by atoms with Crippen molar-refractivity contribution in [3.63, 3.8) is 0 Å². The molecule has 10 heavy (non-hydrogen) atoms. The number of alkyl halides is 1. The van der Waals surface area contributed by atoms with E-state index in [1.54, 1.807) is 6.92 Å². The molecule has 0 aliphatic heterocycles. The van der Waals surface area contributed by atoms with Crippen molar-refractivity contribution in [3.05, 3.63) is 35.7 Å². The van der Waals surface area contributed by atoms with Crippen LogP contribution in [0.1, 0.15) is 6.92 Å². The Hall–Kier alpha value is -0.920. The Kier molecular flexibility index (Phi) is 2.00. The van der Waals surface area contributed by atoms with Crippen LogP contribution in [-0.2, 0) is 0 Å². The number of hydrogen-bond acceptors (Lipinski definition) is 0. The number of halogens is 2. The monoisotopic (exact) mass is 142 g/mol. The largest absolute Gasteiger partial charge is 0.238 e. The molecule has 0 amide bonds. The molecule has 0 aromatic heterocycles. The molecule has 0 bridgehead atoms. The molecule has 54 valence electrons. The second-order valence-corrected chi connectivity index (χ2v) is 2.19. The molecule has 0 heterocycles. The zero-order chi connectivity index (χ0) is 7.56. The Labute approximate surface area is 58.6 Å². The van der Waals surface area contributed by atoms with E-state index >= 15 is 0 Å². The van der Waals surface area contributed by atoms with Crippen LogP contribution in [0.15, 0.2) is 35.7 Å². The Morgan fingerprint density at radius 3 is 2.60 bits per heavy atom. The molecule has 0 aromatic rings. The summed E-state index contributed by atoms with van der Waals surface area (Å²) in [5, 5.41) is 0. The van der Waals surface area contributed by atoms with Crippen molar-refractivity contribution in [3.8, 4) is 0 Å². The van der Waals surface area contributed by atoms with E-state index in [4.69, 9.17) is 0 Å². The highest BCUT2D eigenvalue weighted by Gasteiger charge is 2.02. The third-order valence-corrected chi connectivity index (χ3v) is 1.33. The SMILES string of the molecule is CC1=C(F)C=CC(F)C=C1. The van der Waals surface area contributed by atoms with Crippen molar-refractivity contribution in [2.45, 2.75) is 13.1 Å². The third kappa shape index (κ3) is 1.53. The molecule has 2 heteroatoms. The predicted molar refractivity (Wildman–Crippen MR) is 37.0 cm³/mol. The maximum absolute atomic E-state index is 12.6. The second kappa shape index (κ2) is 2.78. The van der Waals surface area contributed by atoms with E-state index < -0.39 is 6.17 Å². The van der Waals surface area contributed by atoms with Crippen LogP contribution >= 0.6 is 0 Å². The first-order chi connectivity index (χ1) is 4.70. The molecule has 1 rings (SSSR count). The average Bonchev–Trinajstić information content (AvgIpc) is 2.04. The highest BCUT2D eigenvalue weighted by Crippen LogP contribution is 2.14. The first-order valence-corrected chi connectivity index (χ1v) is 3.07. The number of hydrogen-bond donors (Lipinski definition) is 0. The summed E-state index contributed by atoms with van der Waals surface area (Å²) < 4.78 is 25.0. The van der Waals surface area contributed by atoms with Crippen molar-refractivity contribution >= 4 is 0 Å². The maximum atomic E-state index is 12.6. The first kappa shape index (κ1) is 7.19. The van der Waals surface area contributed by atoms with Gasteiger partial charge in [0.05, 0.1) is 0 Å². The van der Waals surface area contributed by atoms with Crippen molar-refractivity contribution < 1.29 is 8.78 Å². The molecule has 1 aliphatic rings. The summed E-state index contributed by atoms with van der Waals surface area (Å²) >= 11 is 0. The van der Waals surface area contributed by atoms with Gasteiger partial charge in [-0.2, -0.15) is 0 Å². The van der Waals surface area contributed by atoms with Gasteiger partial charge in [-0.05, 0) is 30.7 Å². The van der Waals surface area contributed by atoms with Crippen LogP contribution in [0, 0.1) is 0 Å². The van der Waals surface area contributed by atoms with E-state index in [9.17, 15) is 8.78 Å². The van der Waals surface area contributed by atoms with Crippen molar-refractivity contribution in [2.75, 3.05) is 0 Å². The van der Waals surface area contributed by atoms with Crippen LogP contribution in [-0.4, -0.2) is 6.17 Å². The van der Waals surface area contributed by atoms with Gasteiger partial charge in [0.25, 0.3) is 0 Å². The quantitative estimate of drug-likeness (QED) is 0.487. The van der Waals surface area contributed by atoms with Gasteiger partial charge in [-0.25, -0.2) is 8.78 Å². The van der Waals surface area contributed by atoms with Crippen LogP contribution in [0.5, 0.6) is 0 Å². The lowest BCUT2D eigenvalue weighted by Gasteiger charge is -1.87. The Morgan fingerprint density at radius 1 is 1.30 bits per heavy atom. The third-order valence-electron chi connectivity index (χ3n) is 1.33. The topological polar surface area (TPSA) is 0 Å². The molecule has 0 nitrogen and oxygen atoms in total. The molecular formula is C8H8F2. The Bertz CT molecular complexity index is 189. The van der Waals surface area contributed by atoms with Crippen LogP contribution in [0.2, 0.25) is 0 Å². The van der Waals surface area contributed by atoms with Gasteiger partial charge < -0.3 is 0 Å². The number of allylic oxidation sites excluding steroid dienone is 6. The summed E-state index contributed by atoms with van der Waals surface area (Å²) in [5.74, 6) is -0.364. The minimum absolute atomic E-state index is 0.364. The van der Waals surface area contributed by atoms with E-state index in [-0.39, 0.29) is 5.83 Å². The van der Waals surface area contributed by atoms with Gasteiger partial charge in [0, 0.05) is 0 Å². The maximum Gasteiger partial charge on any atom is 0.137 e. The molecule has 0 aromatic carbocycles. The minimum Gasteiger partial charge on any atom is -0.238 e. The van der Waals surface area contributed by atoms with Gasteiger partial charge in [0.1, 0.15) is 12.0 Å². The lowest BCUT2D eigenvalue weighted by atomic mass is 10.2. The molecular weight excluding hydrogens is 134 g/mol. The molecule has 0 fully saturated rings. The lowest BCUT2D eigenvalue weighted by Crippen LogP contribution is -1.84. The average molecular weight is 142 g/mol. The summed E-state index contributed by atoms with van der Waals surface area (Å²) in [5.41, 5.74) is 0.469. The predicted octanol–water partition coefficient (Wildman–Crippen LogP) is 2.69. The van der Waals surface area contributed by atoms with Crippen LogP contribution < -0.4 is 0 Å². The van der Waals surface area contributed by atoms with E-state index in [2.05, 4.69) is 0 Å². The standard InChI is InChI=1S/C8H8F2/c1-6-2-3-7(9)4-5-8(6)10/h2-5,7H,1H3. The van der Waals surface area contributed by atoms with E-state index in [1.165, 1.54) is 18.2 Å². The first-order valence-electron chi connectivity index (χ1n) is 3.07. The molecule has 0 radical (unpaired) electrons. The van der Waals surface area contributed by atoms with Gasteiger partial charge in [-0.1, -0.05) is 6.08 Å². The smallest absolute Gasteiger partial charge is 0.137 e. The molecule has 1 atom stereocenters. The van der Waals surface area contributed by atoms with E-state index in [1.807, 2.05) is 0 Å². The number of rotatable bonds is 0. The van der Waals surface area contributed by atoms with E-state index in [0.717, 1.165) is 6.08 Å². The molecule has 0 saturated heterocycles. The summed E-state index contributed by atoms with van der Waals surface area (Å²) in [6, 6.07) is 0. The summed E-state index contributed by atoms with van der Waals surface area (Å²) in [4.78, 5) is 0. The highest BCUT2D eigenvalue weighted by atomic mass is 19.1. The molecule has 0 saturated carbocycles. The minimum atomic E-state index is -1.15. The summed E-state index contributed by atoms with van der Waals surface area (Å²) in [6.45, 7) is 1.61. The molecule has 0 N–H and O–H groups in total. The van der Waals surface area contributed by atoms with Crippen molar-refractivity contribution in [1.29, 1.82) is 0 Å². The zero-order valence-electron chi connectivity index (χ0n) is 5.64. The van der Waals surface area contributed by atoms with Crippen LogP contribution in [0.25, 0.3) is 0 Å². The summed E-state index contributed by atoms with van der Waals surface area (Å²) in [7, 11) is 0. The van der Waals surface area contributed by atoms with Crippen molar-refractivity contribution in [2.24, 2.45) is 0 Å². The van der Waals surface area contributed by atoms with Gasteiger partial charge in [0.2, 0.25) is 0 Å². The normalized spacial score (nSPS) is 25.3. The fourth-order valence-corrected chi connectivity index (χ4v) is 0.688. The molecule has 0 spiro atoms. The second-order valence-electron chi connectivity index (χ2n) is 2.19. The lowest BCUT2D eigenvalue weighted by molar-refractivity contribution is 0.469. The zero-order valence-corrected chi connectivity index (χ0v) is 5.64. The van der Waals surface area contributed by atoms with Gasteiger partial charge >= 0.3 is 0 Å². The fourth-order valence-electron chi connectivity index (χ4n) is 0.688. The Morgan fingerprint density at radius 2 is 1.90 bits per heavy atom. The fraction of sp³-hybridized carbons (Fsp3) is 0.250. The summed E-state index contributed by atoms with van der Waals surface area (Å²) in [6.07, 6.45) is 3.95. The van der Waals surface area contributed by atoms with Gasteiger partial charge in [-0.3, -0.25) is 0 Å². The highest BCUT2D eigenvalue weighted by molar-refractivity contribution is 5.31. The molecule has 1 unspecified atom stereocenters. The van der Waals surface area contributed by atoms with Crippen LogP contribution in [0.4, 0.5) is 8.78 Å². The Balaban J connectivity index is 2.91. The van der Waals surface area contributed by atoms with Crippen molar-refractivity contribution in [1.82, 2.24) is 0 Å². The molecule has 1 aliphatic carbocycles. The van der Waals surface area contributed by atoms with Gasteiger partial charge in [0.15, 0.2) is 0 Å². The van der Waals surface area contributed by atoms with Gasteiger partial charge in [-0.15, -0.1) is 0 Å².